The Morgan fingerprint density at radius 3 is 1.83 bits per heavy atom. The maximum atomic E-state index is 8.10. The van der Waals surface area contributed by atoms with Gasteiger partial charge in [-0.05, 0) is 68.6 Å². The molecule has 2 N–H and O–H groups in total. The highest BCUT2D eigenvalue weighted by molar-refractivity contribution is 5.76. The second-order valence-corrected chi connectivity index (χ2v) is 10.7. The molecule has 1 aliphatic carbocycles. The summed E-state index contributed by atoms with van der Waals surface area (Å²) in [5.41, 5.74) is 10.7. The summed E-state index contributed by atoms with van der Waals surface area (Å²) in [5.74, 6) is 0.607. The van der Waals surface area contributed by atoms with Crippen molar-refractivity contribution < 1.29 is 0 Å². The van der Waals surface area contributed by atoms with Gasteiger partial charge in [0.15, 0.2) is 0 Å². The van der Waals surface area contributed by atoms with Gasteiger partial charge in [0.1, 0.15) is 0 Å². The predicted octanol–water partition coefficient (Wildman–Crippen LogP) is 10.0. The molecule has 1 aliphatic rings. The molecule has 5 aromatic carbocycles. The Morgan fingerprint density at radius 2 is 1.15 bits per heavy atom. The second-order valence-electron chi connectivity index (χ2n) is 10.7. The summed E-state index contributed by atoms with van der Waals surface area (Å²) in [6.07, 6.45) is 8.27. The molecule has 0 aliphatic heterocycles. The molecule has 200 valence electrons. The van der Waals surface area contributed by atoms with Crippen LogP contribution in [-0.4, -0.2) is 12.3 Å². The van der Waals surface area contributed by atoms with Crippen molar-refractivity contribution in [1.82, 2.24) is 0 Å². The molecule has 2 heteroatoms. The van der Waals surface area contributed by atoms with Gasteiger partial charge in [-0.25, -0.2) is 0 Å². The molecule has 0 bridgehead atoms. The smallest absolute Gasteiger partial charge is 0.0859 e. The van der Waals surface area contributed by atoms with E-state index in [9.17, 15) is 0 Å². The van der Waals surface area contributed by atoms with Gasteiger partial charge in [0.05, 0.1) is 6.04 Å². The third-order valence-corrected chi connectivity index (χ3v) is 7.95. The van der Waals surface area contributed by atoms with Gasteiger partial charge in [0, 0.05) is 17.8 Å². The molecule has 0 spiro atoms. The lowest BCUT2D eigenvalue weighted by atomic mass is 9.80. The van der Waals surface area contributed by atoms with Crippen molar-refractivity contribution in [3.8, 4) is 33.4 Å². The third kappa shape index (κ3) is 5.97. The van der Waals surface area contributed by atoms with Crippen LogP contribution in [0.3, 0.4) is 0 Å². The summed E-state index contributed by atoms with van der Waals surface area (Å²) in [7, 11) is 0. The molecule has 41 heavy (non-hydrogen) atoms. The Labute approximate surface area is 243 Å². The van der Waals surface area contributed by atoms with Crippen molar-refractivity contribution >= 4 is 11.9 Å². The van der Waals surface area contributed by atoms with Gasteiger partial charge in [-0.15, -0.1) is 0 Å². The number of hydrogen-bond donors (Lipinski definition) is 2. The highest BCUT2D eigenvalue weighted by Crippen LogP contribution is 2.36. The Morgan fingerprint density at radius 1 is 0.610 bits per heavy atom. The Bertz CT molecular complexity index is 1680. The van der Waals surface area contributed by atoms with Crippen LogP contribution in [0.15, 0.2) is 157 Å². The molecule has 0 aromatic heterocycles. The lowest BCUT2D eigenvalue weighted by molar-refractivity contribution is 0.628. The summed E-state index contributed by atoms with van der Waals surface area (Å²) in [4.78, 5) is 0. The molecule has 6 rings (SSSR count). The monoisotopic (exact) mass is 530 g/mol. The first-order valence-electron chi connectivity index (χ1n) is 14.3. The van der Waals surface area contributed by atoms with E-state index in [2.05, 4.69) is 134 Å². The van der Waals surface area contributed by atoms with Crippen LogP contribution < -0.4 is 5.32 Å². The van der Waals surface area contributed by atoms with E-state index >= 15 is 0 Å². The van der Waals surface area contributed by atoms with E-state index in [1.165, 1.54) is 45.2 Å². The van der Waals surface area contributed by atoms with Crippen molar-refractivity contribution in [1.29, 1.82) is 5.41 Å². The molecule has 0 amide bonds. The summed E-state index contributed by atoms with van der Waals surface area (Å²) in [5, 5.41) is 11.6. The largest absolute Gasteiger partial charge is 0.373 e. The first-order valence-corrected chi connectivity index (χ1v) is 14.3. The molecular weight excluding hydrogens is 496 g/mol. The van der Waals surface area contributed by atoms with E-state index in [0.717, 1.165) is 11.3 Å². The molecule has 0 saturated carbocycles. The van der Waals surface area contributed by atoms with E-state index < -0.39 is 0 Å². The normalized spacial score (nSPS) is 17.0. The maximum Gasteiger partial charge on any atom is 0.0859 e. The quantitative estimate of drug-likeness (QED) is 0.192. The minimum atomic E-state index is -0.170. The van der Waals surface area contributed by atoms with Gasteiger partial charge in [0.2, 0.25) is 0 Å². The topological polar surface area (TPSA) is 35.9 Å². The molecule has 3 unspecified atom stereocenters. The first-order chi connectivity index (χ1) is 20.2. The lowest BCUT2D eigenvalue weighted by Gasteiger charge is -2.27. The van der Waals surface area contributed by atoms with Crippen LogP contribution in [0.25, 0.3) is 33.4 Å². The van der Waals surface area contributed by atoms with Crippen LogP contribution in [0.2, 0.25) is 0 Å². The number of allylic oxidation sites excluding steroid dienone is 2. The van der Waals surface area contributed by atoms with E-state index in [0.29, 0.717) is 5.92 Å². The SMILES string of the molecule is CC1C=CC(C(C=N)Nc2ccccc2)=CC1c1cccc(-c2cccc(-c3ccc(-c4ccccc4)cc3)c2)c1. The highest BCUT2D eigenvalue weighted by Gasteiger charge is 2.22. The van der Waals surface area contributed by atoms with Gasteiger partial charge in [-0.1, -0.05) is 140 Å². The van der Waals surface area contributed by atoms with Gasteiger partial charge >= 0.3 is 0 Å². The number of nitrogens with one attached hydrogen (secondary N) is 2. The average molecular weight is 531 g/mol. The molecule has 0 heterocycles. The lowest BCUT2D eigenvalue weighted by Crippen LogP contribution is -2.25. The number of para-hydroxylation sites is 1. The van der Waals surface area contributed by atoms with Crippen molar-refractivity contribution in [2.45, 2.75) is 18.9 Å². The van der Waals surface area contributed by atoms with Crippen molar-refractivity contribution in [2.75, 3.05) is 5.32 Å². The van der Waals surface area contributed by atoms with E-state index in [-0.39, 0.29) is 12.0 Å². The summed E-state index contributed by atoms with van der Waals surface area (Å²) in [6, 6.07) is 47.0. The summed E-state index contributed by atoms with van der Waals surface area (Å²) in [6.45, 7) is 2.27. The van der Waals surface area contributed by atoms with Crippen molar-refractivity contribution in [3.63, 3.8) is 0 Å². The fraction of sp³-hybridized carbons (Fsp3) is 0.103. The summed E-state index contributed by atoms with van der Waals surface area (Å²) >= 11 is 0. The van der Waals surface area contributed by atoms with E-state index in [1.54, 1.807) is 0 Å². The molecule has 0 fully saturated rings. The third-order valence-electron chi connectivity index (χ3n) is 7.95. The zero-order valence-electron chi connectivity index (χ0n) is 23.2. The fourth-order valence-electron chi connectivity index (χ4n) is 5.63. The zero-order valence-corrected chi connectivity index (χ0v) is 23.2. The predicted molar refractivity (Wildman–Crippen MR) is 175 cm³/mol. The van der Waals surface area contributed by atoms with Gasteiger partial charge in [-0.2, -0.15) is 0 Å². The second kappa shape index (κ2) is 12.1. The van der Waals surface area contributed by atoms with Crippen LogP contribution in [0.4, 0.5) is 5.69 Å². The zero-order chi connectivity index (χ0) is 28.0. The molecule has 0 radical (unpaired) electrons. The van der Waals surface area contributed by atoms with Crippen molar-refractivity contribution in [3.05, 3.63) is 163 Å². The van der Waals surface area contributed by atoms with Crippen LogP contribution in [0.5, 0.6) is 0 Å². The molecule has 0 saturated heterocycles. The van der Waals surface area contributed by atoms with Crippen LogP contribution in [0, 0.1) is 11.3 Å². The van der Waals surface area contributed by atoms with Crippen LogP contribution in [0.1, 0.15) is 18.4 Å². The highest BCUT2D eigenvalue weighted by atomic mass is 14.9. The first kappa shape index (κ1) is 26.3. The maximum absolute atomic E-state index is 8.10. The Kier molecular flexibility index (Phi) is 7.73. The minimum absolute atomic E-state index is 0.170. The molecule has 2 nitrogen and oxygen atoms in total. The number of anilines is 1. The number of hydrogen-bond acceptors (Lipinski definition) is 2. The molecular formula is C39H34N2. The Hall–Kier alpha value is -4.95. The number of rotatable bonds is 8. The summed E-state index contributed by atoms with van der Waals surface area (Å²) < 4.78 is 0. The standard InChI is InChI=1S/C39H34N2/c1-28-18-19-36(39(27-40)41-37-16-6-3-7-17-37)26-38(28)35-15-9-14-34(25-35)33-13-8-12-32(24-33)31-22-20-30(21-23-31)29-10-4-2-5-11-29/h2-28,38-41H,1H3. The van der Waals surface area contributed by atoms with Gasteiger partial charge in [-0.3, -0.25) is 0 Å². The van der Waals surface area contributed by atoms with Gasteiger partial charge in [0.25, 0.3) is 0 Å². The number of benzene rings is 5. The van der Waals surface area contributed by atoms with Crippen LogP contribution in [-0.2, 0) is 0 Å². The minimum Gasteiger partial charge on any atom is -0.373 e. The van der Waals surface area contributed by atoms with E-state index in [1.807, 2.05) is 30.3 Å². The Balaban J connectivity index is 1.25. The average Bonchev–Trinajstić information content (AvgIpc) is 3.05. The van der Waals surface area contributed by atoms with Crippen molar-refractivity contribution in [2.24, 2.45) is 5.92 Å². The molecule has 3 atom stereocenters. The van der Waals surface area contributed by atoms with Crippen LogP contribution >= 0.6 is 0 Å². The fourth-order valence-corrected chi connectivity index (χ4v) is 5.63. The van der Waals surface area contributed by atoms with Gasteiger partial charge < -0.3 is 10.7 Å². The molecule has 5 aromatic rings. The van der Waals surface area contributed by atoms with E-state index in [4.69, 9.17) is 5.41 Å².